The first-order valence-electron chi connectivity index (χ1n) is 8.98. The number of benzene rings is 2. The summed E-state index contributed by atoms with van der Waals surface area (Å²) in [6.45, 7) is 3.85. The Balaban J connectivity index is 1.40. The van der Waals surface area contributed by atoms with Crippen LogP contribution in [-0.4, -0.2) is 37.2 Å². The molecule has 138 valence electrons. The van der Waals surface area contributed by atoms with Crippen molar-refractivity contribution in [3.63, 3.8) is 0 Å². The lowest BCUT2D eigenvalue weighted by molar-refractivity contribution is 0.0950. The predicted octanol–water partition coefficient (Wildman–Crippen LogP) is 3.29. The number of pyridine rings is 1. The van der Waals surface area contributed by atoms with Gasteiger partial charge in [0.15, 0.2) is 0 Å². The van der Waals surface area contributed by atoms with E-state index in [1.54, 1.807) is 6.20 Å². The third-order valence-electron chi connectivity index (χ3n) is 4.72. The van der Waals surface area contributed by atoms with E-state index in [1.165, 1.54) is 5.69 Å². The van der Waals surface area contributed by atoms with Crippen LogP contribution in [0, 0.1) is 0 Å². The molecule has 0 saturated carbocycles. The number of carbonyl (C=O) groups excluding carboxylic acids is 1. The van der Waals surface area contributed by atoms with Gasteiger partial charge in [0.05, 0.1) is 24.3 Å². The van der Waals surface area contributed by atoms with Crippen LogP contribution in [0.15, 0.2) is 59.6 Å². The molecule has 0 aliphatic carbocycles. The standard InChI is InChI=1S/C21H21N3O2S/c25-21(17-12-16-2-1-3-19(27)20(16)22-14-17)23-13-15-4-6-18(7-5-15)24-8-10-26-11-9-24/h1-7,12,14,27H,8-11,13H2,(H,23,25). The van der Waals surface area contributed by atoms with E-state index >= 15 is 0 Å². The minimum atomic E-state index is -0.133. The first kappa shape index (κ1) is 17.8. The summed E-state index contributed by atoms with van der Waals surface area (Å²) in [5.41, 5.74) is 3.60. The molecule has 1 fully saturated rings. The number of rotatable bonds is 4. The van der Waals surface area contributed by atoms with Crippen molar-refractivity contribution in [2.45, 2.75) is 11.4 Å². The van der Waals surface area contributed by atoms with Crippen LogP contribution in [0.25, 0.3) is 10.9 Å². The van der Waals surface area contributed by atoms with Gasteiger partial charge < -0.3 is 15.0 Å². The summed E-state index contributed by atoms with van der Waals surface area (Å²) in [7, 11) is 0. The SMILES string of the molecule is O=C(NCc1ccc(N2CCOCC2)cc1)c1cnc2c(S)cccc2c1. The third kappa shape index (κ3) is 4.07. The second-order valence-electron chi connectivity index (χ2n) is 6.52. The van der Waals surface area contributed by atoms with Gasteiger partial charge in [0, 0.05) is 41.8 Å². The zero-order valence-electron chi connectivity index (χ0n) is 14.9. The monoisotopic (exact) mass is 379 g/mol. The number of anilines is 1. The molecule has 0 unspecified atom stereocenters. The zero-order chi connectivity index (χ0) is 18.6. The lowest BCUT2D eigenvalue weighted by Crippen LogP contribution is -2.36. The van der Waals surface area contributed by atoms with Gasteiger partial charge in [-0.25, -0.2) is 0 Å². The van der Waals surface area contributed by atoms with E-state index < -0.39 is 0 Å². The van der Waals surface area contributed by atoms with Crippen LogP contribution in [0.4, 0.5) is 5.69 Å². The Kier molecular flexibility index (Phi) is 5.27. The van der Waals surface area contributed by atoms with Crippen molar-refractivity contribution < 1.29 is 9.53 Å². The number of morpholine rings is 1. The van der Waals surface area contributed by atoms with Gasteiger partial charge in [-0.3, -0.25) is 9.78 Å². The minimum absolute atomic E-state index is 0.133. The van der Waals surface area contributed by atoms with Crippen molar-refractivity contribution in [1.82, 2.24) is 10.3 Å². The van der Waals surface area contributed by atoms with Crippen molar-refractivity contribution in [3.05, 3.63) is 65.9 Å². The summed E-state index contributed by atoms with van der Waals surface area (Å²) < 4.78 is 5.39. The van der Waals surface area contributed by atoms with Gasteiger partial charge in [-0.15, -0.1) is 12.6 Å². The van der Waals surface area contributed by atoms with Crippen molar-refractivity contribution in [2.75, 3.05) is 31.2 Å². The fraction of sp³-hybridized carbons (Fsp3) is 0.238. The van der Waals surface area contributed by atoms with Crippen molar-refractivity contribution in [1.29, 1.82) is 0 Å². The molecule has 1 aliphatic rings. The molecule has 1 N–H and O–H groups in total. The highest BCUT2D eigenvalue weighted by Crippen LogP contribution is 2.20. The molecule has 1 amide bonds. The molecule has 2 heterocycles. The maximum absolute atomic E-state index is 12.5. The maximum Gasteiger partial charge on any atom is 0.253 e. The topological polar surface area (TPSA) is 54.5 Å². The summed E-state index contributed by atoms with van der Waals surface area (Å²) in [6, 6.07) is 15.9. The van der Waals surface area contributed by atoms with E-state index in [9.17, 15) is 4.79 Å². The molecule has 0 radical (unpaired) electrons. The molecule has 6 heteroatoms. The van der Waals surface area contributed by atoms with E-state index in [2.05, 4.69) is 52.1 Å². The average molecular weight is 379 g/mol. The smallest absolute Gasteiger partial charge is 0.253 e. The van der Waals surface area contributed by atoms with E-state index in [-0.39, 0.29) is 5.91 Å². The number of para-hydroxylation sites is 1. The average Bonchev–Trinajstić information content (AvgIpc) is 2.73. The fourth-order valence-electron chi connectivity index (χ4n) is 3.20. The number of fused-ring (bicyclic) bond motifs is 1. The lowest BCUT2D eigenvalue weighted by atomic mass is 10.1. The van der Waals surface area contributed by atoms with E-state index in [4.69, 9.17) is 4.74 Å². The Bertz CT molecular complexity index is 953. The molecule has 5 nitrogen and oxygen atoms in total. The number of amides is 1. The first-order valence-corrected chi connectivity index (χ1v) is 9.43. The van der Waals surface area contributed by atoms with Gasteiger partial charge in [-0.1, -0.05) is 24.3 Å². The van der Waals surface area contributed by atoms with Crippen LogP contribution in [0.1, 0.15) is 15.9 Å². The Morgan fingerprint density at radius 1 is 1.15 bits per heavy atom. The van der Waals surface area contributed by atoms with Gasteiger partial charge in [0.2, 0.25) is 0 Å². The molecule has 0 atom stereocenters. The highest BCUT2D eigenvalue weighted by molar-refractivity contribution is 7.80. The van der Waals surface area contributed by atoms with E-state index in [0.29, 0.717) is 12.1 Å². The summed E-state index contributed by atoms with van der Waals surface area (Å²) in [6.07, 6.45) is 1.60. The van der Waals surface area contributed by atoms with Crippen LogP contribution < -0.4 is 10.2 Å². The highest BCUT2D eigenvalue weighted by atomic mass is 32.1. The molecule has 1 saturated heterocycles. The van der Waals surface area contributed by atoms with Crippen molar-refractivity contribution in [3.8, 4) is 0 Å². The molecule has 2 aromatic carbocycles. The Labute approximate surface area is 163 Å². The number of hydrogen-bond donors (Lipinski definition) is 2. The fourth-order valence-corrected chi connectivity index (χ4v) is 3.47. The highest BCUT2D eigenvalue weighted by Gasteiger charge is 2.11. The minimum Gasteiger partial charge on any atom is -0.378 e. The Hall–Kier alpha value is -2.57. The number of hydrogen-bond acceptors (Lipinski definition) is 5. The summed E-state index contributed by atoms with van der Waals surface area (Å²) in [4.78, 5) is 19.9. The van der Waals surface area contributed by atoms with Crippen LogP contribution >= 0.6 is 12.6 Å². The third-order valence-corrected chi connectivity index (χ3v) is 5.08. The van der Waals surface area contributed by atoms with Gasteiger partial charge in [-0.2, -0.15) is 0 Å². The molecular formula is C21H21N3O2S. The van der Waals surface area contributed by atoms with E-state index in [1.807, 2.05) is 24.3 Å². The van der Waals surface area contributed by atoms with Crippen molar-refractivity contribution in [2.24, 2.45) is 0 Å². The predicted molar refractivity (Wildman–Crippen MR) is 110 cm³/mol. The number of carbonyl (C=O) groups is 1. The number of nitrogens with zero attached hydrogens (tertiary/aromatic N) is 2. The van der Waals surface area contributed by atoms with Crippen LogP contribution in [0.3, 0.4) is 0 Å². The molecule has 0 spiro atoms. The summed E-state index contributed by atoms with van der Waals surface area (Å²) >= 11 is 4.40. The van der Waals surface area contributed by atoms with Gasteiger partial charge >= 0.3 is 0 Å². The largest absolute Gasteiger partial charge is 0.378 e. The van der Waals surface area contributed by atoms with E-state index in [0.717, 1.165) is 47.7 Å². The molecule has 3 aromatic rings. The second kappa shape index (κ2) is 7.98. The molecule has 1 aromatic heterocycles. The number of nitrogens with one attached hydrogen (secondary N) is 1. The molecule has 27 heavy (non-hydrogen) atoms. The van der Waals surface area contributed by atoms with Gasteiger partial charge in [0.25, 0.3) is 5.91 Å². The lowest BCUT2D eigenvalue weighted by Gasteiger charge is -2.28. The number of aromatic nitrogens is 1. The number of thiol groups is 1. The molecule has 0 bridgehead atoms. The zero-order valence-corrected chi connectivity index (χ0v) is 15.8. The molecule has 1 aliphatic heterocycles. The van der Waals surface area contributed by atoms with Crippen LogP contribution in [-0.2, 0) is 11.3 Å². The molecule has 4 rings (SSSR count). The van der Waals surface area contributed by atoms with Gasteiger partial charge in [0.1, 0.15) is 0 Å². The normalized spacial score (nSPS) is 14.3. The Morgan fingerprint density at radius 2 is 1.93 bits per heavy atom. The first-order chi connectivity index (χ1) is 13.2. The molecular weight excluding hydrogens is 358 g/mol. The quantitative estimate of drug-likeness (QED) is 0.683. The maximum atomic E-state index is 12.5. The number of ether oxygens (including phenoxy) is 1. The second-order valence-corrected chi connectivity index (χ2v) is 7.00. The summed E-state index contributed by atoms with van der Waals surface area (Å²) in [5, 5.41) is 3.87. The van der Waals surface area contributed by atoms with Crippen LogP contribution in [0.2, 0.25) is 0 Å². The van der Waals surface area contributed by atoms with Crippen molar-refractivity contribution >= 4 is 35.1 Å². The van der Waals surface area contributed by atoms with Crippen LogP contribution in [0.5, 0.6) is 0 Å². The summed E-state index contributed by atoms with van der Waals surface area (Å²) in [5.74, 6) is -0.133. The Morgan fingerprint density at radius 3 is 2.70 bits per heavy atom. The van der Waals surface area contributed by atoms with Gasteiger partial charge in [-0.05, 0) is 29.8 Å².